The molecule has 0 spiro atoms. The summed E-state index contributed by atoms with van der Waals surface area (Å²) in [6.07, 6.45) is -2.59. The van der Waals surface area contributed by atoms with Gasteiger partial charge in [-0.25, -0.2) is 0 Å². The number of amides is 1. The largest absolute Gasteiger partial charge is 0.367 e. The van der Waals surface area contributed by atoms with Crippen LogP contribution in [0.1, 0.15) is 11.9 Å². The van der Waals surface area contributed by atoms with Crippen LogP contribution in [0.2, 0.25) is 0 Å². The monoisotopic (exact) mass is 307 g/mol. The van der Waals surface area contributed by atoms with Crippen molar-refractivity contribution in [2.75, 3.05) is 13.7 Å². The summed E-state index contributed by atoms with van der Waals surface area (Å²) in [5.74, 6) is -0.603. The number of primary amides is 1. The third kappa shape index (κ3) is 1.90. The van der Waals surface area contributed by atoms with Gasteiger partial charge in [-0.3, -0.25) is 4.79 Å². The Labute approximate surface area is 127 Å². The molecule has 4 rings (SSSR count). The van der Waals surface area contributed by atoms with Crippen LogP contribution in [-0.2, 0) is 28.5 Å². The molecule has 3 heterocycles. The third-order valence-electron chi connectivity index (χ3n) is 4.36. The smallest absolute Gasteiger partial charge is 0.257 e. The zero-order chi connectivity index (χ0) is 15.3. The van der Waals surface area contributed by atoms with Gasteiger partial charge in [-0.05, 0) is 0 Å². The molecule has 6 atom stereocenters. The highest BCUT2D eigenvalue weighted by Gasteiger charge is 2.75. The molecule has 0 aliphatic carbocycles. The van der Waals surface area contributed by atoms with E-state index in [-0.39, 0.29) is 6.10 Å². The molecule has 3 fully saturated rings. The Hall–Kier alpha value is -1.51. The maximum Gasteiger partial charge on any atom is 0.257 e. The average Bonchev–Trinajstić information content (AvgIpc) is 3.32. The molecule has 3 aliphatic heterocycles. The van der Waals surface area contributed by atoms with Gasteiger partial charge >= 0.3 is 0 Å². The van der Waals surface area contributed by atoms with E-state index in [0.717, 1.165) is 5.56 Å². The fourth-order valence-corrected chi connectivity index (χ4v) is 3.20. The summed E-state index contributed by atoms with van der Waals surface area (Å²) >= 11 is 0. The lowest BCUT2D eigenvalue weighted by atomic mass is 9.93. The molecule has 1 aromatic rings. The molecule has 7 nitrogen and oxygen atoms in total. The van der Waals surface area contributed by atoms with Crippen LogP contribution in [0.4, 0.5) is 0 Å². The summed E-state index contributed by atoms with van der Waals surface area (Å²) in [6, 6.07) is 9.58. The van der Waals surface area contributed by atoms with Crippen LogP contribution in [0.15, 0.2) is 30.3 Å². The van der Waals surface area contributed by atoms with Crippen LogP contribution in [0.5, 0.6) is 0 Å². The van der Waals surface area contributed by atoms with Crippen LogP contribution in [-0.4, -0.2) is 49.8 Å². The molecular formula is C15H17NO6. The standard InChI is InChI=1S/C15H17NO6/c1-18-14-15(13(16)17)11(22-15)10-9(20-14)7-19-12(21-10)8-5-3-2-4-6-8/h2-6,9-12,14H,7H2,1H3,(H2,16,17)/t9-,10-,11+,12-,14-,15+/m1/s1. The van der Waals surface area contributed by atoms with Crippen molar-refractivity contribution in [2.45, 2.75) is 36.5 Å². The summed E-state index contributed by atoms with van der Waals surface area (Å²) in [5.41, 5.74) is 5.11. The first-order valence-corrected chi connectivity index (χ1v) is 7.15. The van der Waals surface area contributed by atoms with Gasteiger partial charge in [-0.1, -0.05) is 30.3 Å². The summed E-state index contributed by atoms with van der Waals surface area (Å²) in [7, 11) is 1.45. The second-order valence-electron chi connectivity index (χ2n) is 5.61. The molecule has 1 aromatic carbocycles. The van der Waals surface area contributed by atoms with Crippen molar-refractivity contribution in [1.82, 2.24) is 0 Å². The first kappa shape index (κ1) is 14.1. The predicted octanol–water partition coefficient (Wildman–Crippen LogP) is 0.0948. The Morgan fingerprint density at radius 2 is 2.09 bits per heavy atom. The fourth-order valence-electron chi connectivity index (χ4n) is 3.20. The summed E-state index contributed by atoms with van der Waals surface area (Å²) in [4.78, 5) is 11.8. The highest BCUT2D eigenvalue weighted by molar-refractivity contribution is 5.88. The second kappa shape index (κ2) is 5.00. The van der Waals surface area contributed by atoms with Gasteiger partial charge in [0.25, 0.3) is 5.91 Å². The number of epoxide rings is 1. The van der Waals surface area contributed by atoms with Gasteiger partial charge in [0.1, 0.15) is 18.3 Å². The fraction of sp³-hybridized carbons (Fsp3) is 0.533. The lowest BCUT2D eigenvalue weighted by Gasteiger charge is -2.41. The maximum absolute atomic E-state index is 11.8. The Morgan fingerprint density at radius 3 is 2.77 bits per heavy atom. The van der Waals surface area contributed by atoms with Gasteiger partial charge in [-0.2, -0.15) is 0 Å². The number of nitrogens with two attached hydrogens (primary N) is 1. The van der Waals surface area contributed by atoms with Crippen molar-refractivity contribution in [3.05, 3.63) is 35.9 Å². The van der Waals surface area contributed by atoms with E-state index in [0.29, 0.717) is 6.61 Å². The van der Waals surface area contributed by atoms with E-state index in [9.17, 15) is 4.79 Å². The number of hydrogen-bond acceptors (Lipinski definition) is 6. The highest BCUT2D eigenvalue weighted by Crippen LogP contribution is 2.51. The van der Waals surface area contributed by atoms with Crippen LogP contribution < -0.4 is 5.73 Å². The summed E-state index contributed by atoms with van der Waals surface area (Å²) in [6.45, 7) is 0.332. The molecule has 3 aliphatic rings. The van der Waals surface area contributed by atoms with Gasteiger partial charge in [-0.15, -0.1) is 0 Å². The molecule has 7 heteroatoms. The minimum absolute atomic E-state index is 0.332. The number of carbonyl (C=O) groups is 1. The Morgan fingerprint density at radius 1 is 1.32 bits per heavy atom. The maximum atomic E-state index is 11.8. The molecule has 0 saturated carbocycles. The molecule has 118 valence electrons. The van der Waals surface area contributed by atoms with E-state index >= 15 is 0 Å². The molecule has 2 N–H and O–H groups in total. The Kier molecular flexibility index (Phi) is 3.21. The first-order valence-electron chi connectivity index (χ1n) is 7.15. The van der Waals surface area contributed by atoms with Crippen molar-refractivity contribution in [1.29, 1.82) is 0 Å². The van der Waals surface area contributed by atoms with Crippen LogP contribution in [0.3, 0.4) is 0 Å². The molecule has 0 radical (unpaired) electrons. The first-order chi connectivity index (χ1) is 10.7. The number of fused-ring (bicyclic) bond motifs is 3. The number of benzene rings is 1. The van der Waals surface area contributed by atoms with Gasteiger partial charge < -0.3 is 29.4 Å². The van der Waals surface area contributed by atoms with Gasteiger partial charge in [0, 0.05) is 12.7 Å². The minimum Gasteiger partial charge on any atom is -0.367 e. The van der Waals surface area contributed by atoms with Gasteiger partial charge in [0.05, 0.1) is 6.61 Å². The number of rotatable bonds is 3. The van der Waals surface area contributed by atoms with Crippen LogP contribution >= 0.6 is 0 Å². The van der Waals surface area contributed by atoms with Crippen molar-refractivity contribution in [2.24, 2.45) is 5.73 Å². The van der Waals surface area contributed by atoms with E-state index in [1.807, 2.05) is 30.3 Å². The second-order valence-corrected chi connectivity index (χ2v) is 5.61. The lowest BCUT2D eigenvalue weighted by molar-refractivity contribution is -0.309. The molecule has 1 amide bonds. The van der Waals surface area contributed by atoms with Crippen LogP contribution in [0.25, 0.3) is 0 Å². The van der Waals surface area contributed by atoms with E-state index in [1.54, 1.807) is 0 Å². The van der Waals surface area contributed by atoms with Crippen molar-refractivity contribution < 1.29 is 28.5 Å². The van der Waals surface area contributed by atoms with Gasteiger partial charge in [0.15, 0.2) is 12.6 Å². The molecule has 0 unspecified atom stereocenters. The summed E-state index contributed by atoms with van der Waals surface area (Å²) < 4.78 is 28.2. The lowest BCUT2D eigenvalue weighted by Crippen LogP contribution is -2.60. The molecular weight excluding hydrogens is 290 g/mol. The molecule has 0 bridgehead atoms. The number of carbonyl (C=O) groups excluding carboxylic acids is 1. The zero-order valence-electron chi connectivity index (χ0n) is 12.0. The number of hydrogen-bond donors (Lipinski definition) is 1. The third-order valence-corrected chi connectivity index (χ3v) is 4.36. The molecule has 0 aromatic heterocycles. The average molecular weight is 307 g/mol. The minimum atomic E-state index is -1.26. The highest BCUT2D eigenvalue weighted by atomic mass is 16.8. The van der Waals surface area contributed by atoms with Crippen molar-refractivity contribution in [3.8, 4) is 0 Å². The molecule has 22 heavy (non-hydrogen) atoms. The number of methoxy groups -OCH3 is 1. The Bertz CT molecular complexity index is 581. The zero-order valence-corrected chi connectivity index (χ0v) is 12.0. The van der Waals surface area contributed by atoms with E-state index in [4.69, 9.17) is 29.4 Å². The van der Waals surface area contributed by atoms with Crippen LogP contribution in [0, 0.1) is 0 Å². The Balaban J connectivity index is 1.57. The SMILES string of the molecule is CO[C@@H]1O[C@@H]2CO[C@@H](c3ccccc3)O[C@H]2[C@@H]2O[C@@]12C(N)=O. The topological polar surface area (TPSA) is 92.5 Å². The quantitative estimate of drug-likeness (QED) is 0.796. The van der Waals surface area contributed by atoms with E-state index in [2.05, 4.69) is 0 Å². The summed E-state index contributed by atoms with van der Waals surface area (Å²) in [5, 5.41) is 0. The van der Waals surface area contributed by atoms with E-state index in [1.165, 1.54) is 7.11 Å². The van der Waals surface area contributed by atoms with Gasteiger partial charge in [0.2, 0.25) is 5.60 Å². The predicted molar refractivity (Wildman–Crippen MR) is 72.5 cm³/mol. The van der Waals surface area contributed by atoms with Crippen molar-refractivity contribution >= 4 is 5.91 Å². The number of ether oxygens (including phenoxy) is 5. The molecule has 3 saturated heterocycles. The van der Waals surface area contributed by atoms with Crippen molar-refractivity contribution in [3.63, 3.8) is 0 Å². The normalized spacial score (nSPS) is 43.0. The van der Waals surface area contributed by atoms with E-state index < -0.39 is 36.3 Å².